The minimum absolute atomic E-state index is 0.105. The van der Waals surface area contributed by atoms with Gasteiger partial charge in [0.15, 0.2) is 0 Å². The standard InChI is InChI=1S/C63H57NO/c1-2-16-41(17-3-1)46-25-14-26-51-53-38-42(34-37-60(53)65-62(46)51)40-32-35-44(36-33-40)64(59-39-43-18-4-5-19-45(43)47-20-6-7-23-50(47)59)58-31-15-30-57-61(58)52-24-10-13-29-56(52)63(57)54-27-11-8-21-48(54)49-22-9-12-28-55(49)63/h1-3,5-11,15-16,19-25,27,30-32,34-38,40-41,43,53,58,60-61H,4,12-14,17-18,26,28-29,33,39H2. The Kier molecular flexibility index (Phi) is 8.79. The quantitative estimate of drug-likeness (QED) is 0.297. The van der Waals surface area contributed by atoms with E-state index < -0.39 is 0 Å². The van der Waals surface area contributed by atoms with Crippen molar-refractivity contribution in [3.63, 3.8) is 0 Å². The second-order valence-corrected chi connectivity index (χ2v) is 20.3. The summed E-state index contributed by atoms with van der Waals surface area (Å²) >= 11 is 0. The van der Waals surface area contributed by atoms with Crippen LogP contribution < -0.4 is 10.4 Å². The van der Waals surface area contributed by atoms with Gasteiger partial charge in [0.05, 0.1) is 11.5 Å². The van der Waals surface area contributed by atoms with E-state index >= 15 is 0 Å². The summed E-state index contributed by atoms with van der Waals surface area (Å²) in [6.07, 6.45) is 61.2. The maximum Gasteiger partial charge on any atom is 0.127 e. The average molecular weight is 844 g/mol. The highest BCUT2D eigenvalue weighted by atomic mass is 16.5. The lowest BCUT2D eigenvalue weighted by atomic mass is 9.64. The van der Waals surface area contributed by atoms with Gasteiger partial charge in [-0.1, -0.05) is 158 Å². The molecule has 2 heteroatoms. The van der Waals surface area contributed by atoms with Crippen LogP contribution in [0.2, 0.25) is 0 Å². The number of ether oxygens (including phenoxy) is 1. The molecule has 12 aliphatic rings. The first kappa shape index (κ1) is 38.2. The van der Waals surface area contributed by atoms with Crippen LogP contribution in [0.15, 0.2) is 221 Å². The molecule has 2 aromatic rings. The van der Waals surface area contributed by atoms with Crippen molar-refractivity contribution in [3.05, 3.63) is 242 Å². The van der Waals surface area contributed by atoms with Crippen LogP contribution in [0.1, 0.15) is 81.8 Å². The highest BCUT2D eigenvalue weighted by Gasteiger charge is 2.59. The summed E-state index contributed by atoms with van der Waals surface area (Å²) in [6, 6.07) is 19.0. The smallest absolute Gasteiger partial charge is 0.127 e. The molecule has 65 heavy (non-hydrogen) atoms. The van der Waals surface area contributed by atoms with Gasteiger partial charge in [0.1, 0.15) is 11.9 Å². The predicted octanol–water partition coefficient (Wildman–Crippen LogP) is 12.9. The fourth-order valence-corrected chi connectivity index (χ4v) is 14.6. The molecule has 0 radical (unpaired) electrons. The van der Waals surface area contributed by atoms with E-state index in [0.29, 0.717) is 23.7 Å². The third kappa shape index (κ3) is 5.59. The van der Waals surface area contributed by atoms with Gasteiger partial charge in [0.2, 0.25) is 0 Å². The van der Waals surface area contributed by atoms with E-state index in [-0.39, 0.29) is 23.5 Å². The molecule has 8 unspecified atom stereocenters. The molecule has 0 amide bonds. The van der Waals surface area contributed by atoms with E-state index in [2.05, 4.69) is 175 Å². The summed E-state index contributed by atoms with van der Waals surface area (Å²) in [5.41, 5.74) is 19.5. The highest BCUT2D eigenvalue weighted by molar-refractivity contribution is 5.92. The maximum atomic E-state index is 6.83. The van der Waals surface area contributed by atoms with Gasteiger partial charge < -0.3 is 9.64 Å². The molecular formula is C63H57NO. The van der Waals surface area contributed by atoms with E-state index in [1.807, 2.05) is 0 Å². The Morgan fingerprint density at radius 2 is 1.52 bits per heavy atom. The van der Waals surface area contributed by atoms with Crippen molar-refractivity contribution in [2.24, 2.45) is 29.6 Å². The summed E-state index contributed by atoms with van der Waals surface area (Å²) in [5.74, 6) is 3.05. The summed E-state index contributed by atoms with van der Waals surface area (Å²) in [5, 5.41) is 2.84. The van der Waals surface area contributed by atoms with Crippen LogP contribution in [0.3, 0.4) is 0 Å². The first-order valence-corrected chi connectivity index (χ1v) is 25.0. The summed E-state index contributed by atoms with van der Waals surface area (Å²) in [6.45, 7) is 0. The molecular weight excluding hydrogens is 787 g/mol. The molecule has 0 N–H and O–H groups in total. The molecule has 0 saturated carbocycles. The topological polar surface area (TPSA) is 12.5 Å². The molecule has 0 saturated heterocycles. The zero-order valence-corrected chi connectivity index (χ0v) is 37.3. The van der Waals surface area contributed by atoms with Crippen molar-refractivity contribution in [3.8, 4) is 0 Å². The molecule has 1 heterocycles. The van der Waals surface area contributed by atoms with Crippen LogP contribution in [0, 0.1) is 29.6 Å². The van der Waals surface area contributed by atoms with Gasteiger partial charge in [-0.2, -0.15) is 0 Å². The van der Waals surface area contributed by atoms with Gasteiger partial charge in [-0.15, -0.1) is 0 Å². The number of hydrogen-bond acceptors (Lipinski definition) is 2. The van der Waals surface area contributed by atoms with E-state index in [9.17, 15) is 0 Å². The Hall–Kier alpha value is -6.12. The third-order valence-electron chi connectivity index (χ3n) is 17.3. The van der Waals surface area contributed by atoms with E-state index in [1.165, 1.54) is 73.0 Å². The zero-order valence-electron chi connectivity index (χ0n) is 37.3. The zero-order chi connectivity index (χ0) is 42.6. The van der Waals surface area contributed by atoms with Crippen molar-refractivity contribution in [1.29, 1.82) is 0 Å². The monoisotopic (exact) mass is 843 g/mol. The van der Waals surface area contributed by atoms with Crippen LogP contribution in [0.5, 0.6) is 0 Å². The Bertz CT molecular complexity index is 3090. The largest absolute Gasteiger partial charge is 0.485 e. The molecule has 320 valence electrons. The molecule has 2 nitrogen and oxygen atoms in total. The maximum absolute atomic E-state index is 6.83. The number of fused-ring (bicyclic) bond motifs is 12. The molecule has 0 fully saturated rings. The number of nitrogens with zero attached hydrogens (tertiary/aromatic N) is 1. The number of hydrogen-bond donors (Lipinski definition) is 0. The Morgan fingerprint density at radius 3 is 2.43 bits per heavy atom. The van der Waals surface area contributed by atoms with Crippen LogP contribution in [-0.2, 0) is 10.2 Å². The lowest BCUT2D eigenvalue weighted by Crippen LogP contribution is -2.47. The number of benzene rings is 2. The second-order valence-electron chi connectivity index (χ2n) is 20.3. The Labute approximate surface area is 384 Å². The average Bonchev–Trinajstić information content (AvgIpc) is 4.01. The lowest BCUT2D eigenvalue weighted by molar-refractivity contribution is 0.167. The molecule has 0 bridgehead atoms. The normalized spacial score (nSPS) is 32.8. The first-order chi connectivity index (χ1) is 32.3. The first-order valence-electron chi connectivity index (χ1n) is 25.0. The van der Waals surface area contributed by atoms with Crippen LogP contribution in [0.4, 0.5) is 0 Å². The van der Waals surface area contributed by atoms with Gasteiger partial charge in [0, 0.05) is 40.3 Å². The fourth-order valence-electron chi connectivity index (χ4n) is 14.6. The number of allylic oxidation sites excluding steroid dienone is 22. The van der Waals surface area contributed by atoms with Crippen molar-refractivity contribution < 1.29 is 4.74 Å². The van der Waals surface area contributed by atoms with Crippen LogP contribution in [-0.4, -0.2) is 17.0 Å². The molecule has 1 aliphatic heterocycles. The van der Waals surface area contributed by atoms with E-state index in [1.54, 1.807) is 22.3 Å². The van der Waals surface area contributed by atoms with Gasteiger partial charge in [0.25, 0.3) is 0 Å². The Balaban J connectivity index is 0.875. The third-order valence-corrected chi connectivity index (χ3v) is 17.3. The molecule has 8 atom stereocenters. The minimum atomic E-state index is -0.168. The minimum Gasteiger partial charge on any atom is -0.485 e. The van der Waals surface area contributed by atoms with Crippen molar-refractivity contribution in [2.75, 3.05) is 0 Å². The van der Waals surface area contributed by atoms with Gasteiger partial charge in [-0.25, -0.2) is 0 Å². The number of rotatable bonds is 5. The van der Waals surface area contributed by atoms with Crippen LogP contribution in [0.25, 0.3) is 16.8 Å². The van der Waals surface area contributed by atoms with Gasteiger partial charge in [-0.3, -0.25) is 0 Å². The predicted molar refractivity (Wildman–Crippen MR) is 266 cm³/mol. The highest BCUT2D eigenvalue weighted by Crippen LogP contribution is 2.67. The molecule has 14 rings (SSSR count). The van der Waals surface area contributed by atoms with E-state index in [4.69, 9.17) is 4.74 Å². The SMILES string of the molecule is C1=CCC(C2=CCCC3=C2OC2C=CC(C4C=CC(N(C5=c6ccccc6=C6C=CCCC6C5)C5C=CC=C6C5C5=C(CCC=C5)C65C6=C(C=CCC6)c6ccccc65)=CC4)=CC32)C=C1. The summed E-state index contributed by atoms with van der Waals surface area (Å²) in [7, 11) is 0. The van der Waals surface area contributed by atoms with Gasteiger partial charge >= 0.3 is 0 Å². The molecule has 11 aliphatic carbocycles. The van der Waals surface area contributed by atoms with Crippen molar-refractivity contribution in [1.82, 2.24) is 4.90 Å². The van der Waals surface area contributed by atoms with Gasteiger partial charge in [-0.05, 0) is 155 Å². The summed E-state index contributed by atoms with van der Waals surface area (Å²) < 4.78 is 6.83. The second kappa shape index (κ2) is 15.0. The Morgan fingerprint density at radius 1 is 0.662 bits per heavy atom. The van der Waals surface area contributed by atoms with Crippen molar-refractivity contribution >= 4 is 16.8 Å². The van der Waals surface area contributed by atoms with E-state index in [0.717, 1.165) is 64.2 Å². The summed E-state index contributed by atoms with van der Waals surface area (Å²) in [4.78, 5) is 2.87. The van der Waals surface area contributed by atoms with Crippen LogP contribution >= 0.6 is 0 Å². The lowest BCUT2D eigenvalue weighted by Gasteiger charge is -2.45. The molecule has 0 aromatic heterocycles. The molecule has 1 spiro atoms. The van der Waals surface area contributed by atoms with Crippen molar-refractivity contribution in [2.45, 2.75) is 88.2 Å². The fraction of sp³-hybridized carbons (Fsp3) is 0.302. The molecule has 2 aromatic carbocycles.